The molecule has 3 heteroatoms. The van der Waals surface area contributed by atoms with Crippen LogP contribution in [0.3, 0.4) is 0 Å². The predicted octanol–water partition coefficient (Wildman–Crippen LogP) is 3.26. The molecule has 1 amide bonds. The molecule has 0 aromatic rings. The maximum absolute atomic E-state index is 12.4. The fraction of sp³-hybridized carbons (Fsp3) is 0.824. The van der Waals surface area contributed by atoms with Crippen LogP contribution >= 0.6 is 0 Å². The molecule has 2 rings (SSSR count). The molecule has 2 aliphatic rings. The van der Waals surface area contributed by atoms with Crippen molar-refractivity contribution in [3.8, 4) is 0 Å². The van der Waals surface area contributed by atoms with Crippen LogP contribution in [0.15, 0.2) is 11.6 Å². The molecule has 1 atom stereocenters. The van der Waals surface area contributed by atoms with Crippen LogP contribution in [-0.2, 0) is 4.79 Å². The number of hydrogen-bond donors (Lipinski definition) is 1. The van der Waals surface area contributed by atoms with Gasteiger partial charge in [-0.05, 0) is 58.4 Å². The average molecular weight is 278 g/mol. The topological polar surface area (TPSA) is 32.3 Å². The molecule has 0 radical (unpaired) electrons. The quantitative estimate of drug-likeness (QED) is 0.783. The number of likely N-dealkylation sites (tertiary alicyclic amines) is 1. The van der Waals surface area contributed by atoms with Gasteiger partial charge in [0, 0.05) is 13.1 Å². The van der Waals surface area contributed by atoms with Crippen LogP contribution in [0.2, 0.25) is 0 Å². The number of carbonyl (C=O) groups excluding carboxylic acids is 1. The average Bonchev–Trinajstić information content (AvgIpc) is 2.76. The van der Waals surface area contributed by atoms with Gasteiger partial charge in [-0.25, -0.2) is 0 Å². The standard InChI is InChI=1S/C17H30N2O/c1-15(17(20)19-13-7-2-3-8-14-19)18-12-11-16-9-5-4-6-10-16/h9,15,18H,2-8,10-14H2,1H3. The second-order valence-electron chi connectivity index (χ2n) is 6.27. The second-order valence-corrected chi connectivity index (χ2v) is 6.27. The Hall–Kier alpha value is -0.830. The SMILES string of the molecule is CC(NCCC1=CCCCC1)C(=O)N1CCCCCC1. The molecule has 3 nitrogen and oxygen atoms in total. The van der Waals surface area contributed by atoms with Crippen molar-refractivity contribution in [2.24, 2.45) is 0 Å². The summed E-state index contributed by atoms with van der Waals surface area (Å²) in [5, 5.41) is 3.42. The monoisotopic (exact) mass is 278 g/mol. The first-order valence-corrected chi connectivity index (χ1v) is 8.47. The van der Waals surface area contributed by atoms with E-state index in [4.69, 9.17) is 0 Å². The first-order valence-electron chi connectivity index (χ1n) is 8.47. The molecular weight excluding hydrogens is 248 g/mol. The lowest BCUT2D eigenvalue weighted by Crippen LogP contribution is -2.45. The van der Waals surface area contributed by atoms with Crippen molar-refractivity contribution in [2.75, 3.05) is 19.6 Å². The molecule has 0 spiro atoms. The minimum Gasteiger partial charge on any atom is -0.341 e. The van der Waals surface area contributed by atoms with E-state index in [2.05, 4.69) is 16.3 Å². The number of carbonyl (C=O) groups is 1. The molecule has 1 saturated heterocycles. The fourth-order valence-corrected chi connectivity index (χ4v) is 3.23. The van der Waals surface area contributed by atoms with Gasteiger partial charge in [-0.1, -0.05) is 24.5 Å². The molecule has 0 saturated carbocycles. The van der Waals surface area contributed by atoms with Crippen molar-refractivity contribution in [1.82, 2.24) is 10.2 Å². The Kier molecular flexibility index (Phi) is 6.58. The summed E-state index contributed by atoms with van der Waals surface area (Å²) in [6, 6.07) is -0.0303. The van der Waals surface area contributed by atoms with Gasteiger partial charge in [0.2, 0.25) is 5.91 Å². The maximum atomic E-state index is 12.4. The van der Waals surface area contributed by atoms with E-state index >= 15 is 0 Å². The summed E-state index contributed by atoms with van der Waals surface area (Å²) in [4.78, 5) is 14.4. The van der Waals surface area contributed by atoms with Crippen LogP contribution < -0.4 is 5.32 Å². The Morgan fingerprint density at radius 1 is 1.20 bits per heavy atom. The molecule has 0 bridgehead atoms. The second kappa shape index (κ2) is 8.46. The van der Waals surface area contributed by atoms with Crippen molar-refractivity contribution in [2.45, 2.75) is 70.8 Å². The Morgan fingerprint density at radius 3 is 2.60 bits per heavy atom. The number of amides is 1. The van der Waals surface area contributed by atoms with Crippen LogP contribution in [0.5, 0.6) is 0 Å². The highest BCUT2D eigenvalue weighted by atomic mass is 16.2. The van der Waals surface area contributed by atoms with Crippen LogP contribution in [-0.4, -0.2) is 36.5 Å². The zero-order chi connectivity index (χ0) is 14.2. The molecular formula is C17H30N2O. The summed E-state index contributed by atoms with van der Waals surface area (Å²) >= 11 is 0. The van der Waals surface area contributed by atoms with Crippen LogP contribution in [0.25, 0.3) is 0 Å². The number of nitrogens with zero attached hydrogens (tertiary/aromatic N) is 1. The van der Waals surface area contributed by atoms with E-state index < -0.39 is 0 Å². The van der Waals surface area contributed by atoms with Crippen molar-refractivity contribution in [3.05, 3.63) is 11.6 Å². The van der Waals surface area contributed by atoms with Gasteiger partial charge in [-0.3, -0.25) is 4.79 Å². The van der Waals surface area contributed by atoms with Gasteiger partial charge in [0.15, 0.2) is 0 Å². The first kappa shape index (κ1) is 15.6. The van der Waals surface area contributed by atoms with Gasteiger partial charge in [-0.2, -0.15) is 0 Å². The third-order valence-electron chi connectivity index (χ3n) is 4.57. The molecule has 20 heavy (non-hydrogen) atoms. The van der Waals surface area contributed by atoms with E-state index in [1.54, 1.807) is 5.57 Å². The Balaban J connectivity index is 1.68. The van der Waals surface area contributed by atoms with E-state index in [1.807, 2.05) is 6.92 Å². The molecule has 0 aromatic carbocycles. The first-order chi connectivity index (χ1) is 9.77. The Bertz CT molecular complexity index is 330. The lowest BCUT2D eigenvalue weighted by atomic mass is 9.97. The Morgan fingerprint density at radius 2 is 1.95 bits per heavy atom. The normalized spacial score (nSPS) is 22.1. The lowest BCUT2D eigenvalue weighted by molar-refractivity contribution is -0.133. The molecule has 114 valence electrons. The van der Waals surface area contributed by atoms with Gasteiger partial charge < -0.3 is 10.2 Å². The summed E-state index contributed by atoms with van der Waals surface area (Å²) < 4.78 is 0. The van der Waals surface area contributed by atoms with Gasteiger partial charge >= 0.3 is 0 Å². The minimum atomic E-state index is -0.0303. The van der Waals surface area contributed by atoms with Gasteiger partial charge in [-0.15, -0.1) is 0 Å². The van der Waals surface area contributed by atoms with E-state index in [-0.39, 0.29) is 6.04 Å². The van der Waals surface area contributed by atoms with E-state index in [0.717, 1.165) is 26.1 Å². The van der Waals surface area contributed by atoms with Gasteiger partial charge in [0.25, 0.3) is 0 Å². The molecule has 1 aliphatic heterocycles. The van der Waals surface area contributed by atoms with Crippen molar-refractivity contribution in [1.29, 1.82) is 0 Å². The van der Waals surface area contributed by atoms with Crippen LogP contribution in [0.4, 0.5) is 0 Å². The van der Waals surface area contributed by atoms with E-state index in [9.17, 15) is 4.79 Å². The van der Waals surface area contributed by atoms with Crippen molar-refractivity contribution in [3.63, 3.8) is 0 Å². The zero-order valence-electron chi connectivity index (χ0n) is 13.0. The third kappa shape index (κ3) is 4.93. The third-order valence-corrected chi connectivity index (χ3v) is 4.57. The molecule has 1 unspecified atom stereocenters. The summed E-state index contributed by atoms with van der Waals surface area (Å²) in [7, 11) is 0. The van der Waals surface area contributed by atoms with Crippen molar-refractivity contribution >= 4 is 5.91 Å². The van der Waals surface area contributed by atoms with Gasteiger partial charge in [0.1, 0.15) is 0 Å². The fourth-order valence-electron chi connectivity index (χ4n) is 3.23. The van der Waals surface area contributed by atoms with Crippen molar-refractivity contribution < 1.29 is 4.79 Å². The molecule has 1 heterocycles. The molecule has 1 N–H and O–H groups in total. The summed E-state index contributed by atoms with van der Waals surface area (Å²) in [5.41, 5.74) is 1.58. The highest BCUT2D eigenvalue weighted by Gasteiger charge is 2.20. The number of rotatable bonds is 5. The van der Waals surface area contributed by atoms with E-state index in [0.29, 0.717) is 5.91 Å². The number of hydrogen-bond acceptors (Lipinski definition) is 2. The Labute approximate surface area is 123 Å². The molecule has 1 fully saturated rings. The summed E-state index contributed by atoms with van der Waals surface area (Å²) in [6.07, 6.45) is 13.6. The lowest BCUT2D eigenvalue weighted by Gasteiger charge is -2.25. The largest absolute Gasteiger partial charge is 0.341 e. The minimum absolute atomic E-state index is 0.0303. The molecule has 0 aromatic heterocycles. The highest BCUT2D eigenvalue weighted by molar-refractivity contribution is 5.81. The summed E-state index contributed by atoms with van der Waals surface area (Å²) in [6.45, 7) is 4.86. The highest BCUT2D eigenvalue weighted by Crippen LogP contribution is 2.19. The van der Waals surface area contributed by atoms with Gasteiger partial charge in [0.05, 0.1) is 6.04 Å². The zero-order valence-corrected chi connectivity index (χ0v) is 13.0. The maximum Gasteiger partial charge on any atom is 0.239 e. The number of allylic oxidation sites excluding steroid dienone is 1. The van der Waals surface area contributed by atoms with Crippen LogP contribution in [0, 0.1) is 0 Å². The summed E-state index contributed by atoms with van der Waals surface area (Å²) in [5.74, 6) is 0.296. The molecule has 1 aliphatic carbocycles. The number of nitrogens with one attached hydrogen (secondary N) is 1. The van der Waals surface area contributed by atoms with Crippen LogP contribution in [0.1, 0.15) is 64.7 Å². The smallest absolute Gasteiger partial charge is 0.239 e. The predicted molar refractivity (Wildman–Crippen MR) is 83.7 cm³/mol. The van der Waals surface area contributed by atoms with E-state index in [1.165, 1.54) is 51.4 Å².